The van der Waals surface area contributed by atoms with E-state index < -0.39 is 0 Å². The van der Waals surface area contributed by atoms with E-state index in [1.54, 1.807) is 0 Å². The zero-order valence-electron chi connectivity index (χ0n) is 12.7. The number of nitriles is 1. The molecular formula is C17H22N4O. The van der Waals surface area contributed by atoms with Gasteiger partial charge in [-0.1, -0.05) is 24.3 Å². The summed E-state index contributed by atoms with van der Waals surface area (Å²) >= 11 is 0. The van der Waals surface area contributed by atoms with Gasteiger partial charge >= 0.3 is 0 Å². The first-order chi connectivity index (χ1) is 10.9. The highest BCUT2D eigenvalue weighted by Gasteiger charge is 2.38. The highest BCUT2D eigenvalue weighted by molar-refractivity contribution is 5.32. The van der Waals surface area contributed by atoms with Crippen LogP contribution in [0.15, 0.2) is 24.3 Å². The monoisotopic (exact) mass is 298 g/mol. The fourth-order valence-electron chi connectivity index (χ4n) is 3.99. The van der Waals surface area contributed by atoms with Crippen molar-refractivity contribution >= 4 is 0 Å². The number of hydrazine groups is 1. The Bertz CT molecular complexity index is 584. The lowest BCUT2D eigenvalue weighted by atomic mass is 9.88. The molecule has 22 heavy (non-hydrogen) atoms. The van der Waals surface area contributed by atoms with E-state index in [0.717, 1.165) is 32.2 Å². The summed E-state index contributed by atoms with van der Waals surface area (Å²) in [7, 11) is 0. The number of likely N-dealkylation sites (tertiary alicyclic amines) is 1. The van der Waals surface area contributed by atoms with Crippen LogP contribution < -0.4 is 5.43 Å². The molecular weight excluding hydrogens is 276 g/mol. The molecule has 116 valence electrons. The Balaban J connectivity index is 1.49. The SMILES string of the molecule is N#CC1CCCN1C1CON(C2CCCc3ccccc32)N1. The van der Waals surface area contributed by atoms with E-state index >= 15 is 0 Å². The smallest absolute Gasteiger partial charge is 0.102 e. The van der Waals surface area contributed by atoms with Crippen LogP contribution in [0.25, 0.3) is 0 Å². The first-order valence-corrected chi connectivity index (χ1v) is 8.28. The van der Waals surface area contributed by atoms with Crippen LogP contribution in [-0.4, -0.2) is 35.4 Å². The molecule has 3 atom stereocenters. The molecule has 1 aromatic carbocycles. The average Bonchev–Trinajstić information content (AvgIpc) is 3.22. The Labute approximate surface area is 131 Å². The third-order valence-electron chi connectivity index (χ3n) is 5.11. The molecule has 4 rings (SSSR count). The number of benzene rings is 1. The van der Waals surface area contributed by atoms with E-state index in [1.165, 1.54) is 17.5 Å². The van der Waals surface area contributed by atoms with Crippen molar-refractivity contribution in [1.29, 1.82) is 5.26 Å². The Morgan fingerprint density at radius 1 is 1.23 bits per heavy atom. The van der Waals surface area contributed by atoms with Crippen LogP contribution in [0.2, 0.25) is 0 Å². The topological polar surface area (TPSA) is 51.5 Å². The van der Waals surface area contributed by atoms with Gasteiger partial charge in [0.2, 0.25) is 0 Å². The molecule has 1 aliphatic carbocycles. The third-order valence-corrected chi connectivity index (χ3v) is 5.11. The molecule has 0 saturated carbocycles. The van der Waals surface area contributed by atoms with E-state index in [1.807, 2.05) is 5.17 Å². The minimum Gasteiger partial charge on any atom is -0.280 e. The lowest BCUT2D eigenvalue weighted by Crippen LogP contribution is -2.49. The standard InChI is InChI=1S/C17H22N4O/c18-11-14-7-4-10-20(14)17-12-22-21(19-17)16-9-3-6-13-5-1-2-8-15(13)16/h1-2,5,8,14,16-17,19H,3-4,6-7,9-10,12H2. The molecule has 1 aromatic rings. The van der Waals surface area contributed by atoms with Gasteiger partial charge in [0, 0.05) is 6.54 Å². The van der Waals surface area contributed by atoms with E-state index in [2.05, 4.69) is 40.7 Å². The maximum absolute atomic E-state index is 9.27. The normalized spacial score (nSPS) is 32.8. The van der Waals surface area contributed by atoms with Crippen LogP contribution in [0.1, 0.15) is 42.9 Å². The van der Waals surface area contributed by atoms with Crippen molar-refractivity contribution in [3.8, 4) is 6.07 Å². The number of aryl methyl sites for hydroxylation is 1. The fourth-order valence-corrected chi connectivity index (χ4v) is 3.99. The number of rotatable bonds is 2. The molecule has 5 heteroatoms. The third kappa shape index (κ3) is 2.42. The minimum absolute atomic E-state index is 0.0275. The molecule has 2 fully saturated rings. The maximum atomic E-state index is 9.27. The number of fused-ring (bicyclic) bond motifs is 1. The zero-order valence-corrected chi connectivity index (χ0v) is 12.7. The van der Waals surface area contributed by atoms with E-state index in [4.69, 9.17) is 4.84 Å². The fraction of sp³-hybridized carbons (Fsp3) is 0.588. The van der Waals surface area contributed by atoms with Gasteiger partial charge in [0.25, 0.3) is 0 Å². The molecule has 2 aliphatic heterocycles. The van der Waals surface area contributed by atoms with E-state index in [0.29, 0.717) is 6.61 Å². The van der Waals surface area contributed by atoms with Gasteiger partial charge in [-0.25, -0.2) is 5.43 Å². The van der Waals surface area contributed by atoms with Gasteiger partial charge in [0.05, 0.1) is 18.2 Å². The van der Waals surface area contributed by atoms with Crippen molar-refractivity contribution in [2.24, 2.45) is 0 Å². The summed E-state index contributed by atoms with van der Waals surface area (Å²) in [5, 5.41) is 11.2. The van der Waals surface area contributed by atoms with Gasteiger partial charge in [-0.2, -0.15) is 5.26 Å². The summed E-state index contributed by atoms with van der Waals surface area (Å²) in [6, 6.07) is 11.4. The van der Waals surface area contributed by atoms with Gasteiger partial charge in [-0.3, -0.25) is 9.74 Å². The van der Waals surface area contributed by atoms with Gasteiger partial charge in [0.15, 0.2) is 0 Å². The summed E-state index contributed by atoms with van der Waals surface area (Å²) in [6.45, 7) is 1.60. The van der Waals surface area contributed by atoms with Crippen molar-refractivity contribution < 1.29 is 4.84 Å². The number of hydrogen-bond donors (Lipinski definition) is 1. The summed E-state index contributed by atoms with van der Waals surface area (Å²) in [5.74, 6) is 0. The van der Waals surface area contributed by atoms with Gasteiger partial charge in [0.1, 0.15) is 12.8 Å². The van der Waals surface area contributed by atoms with Gasteiger partial charge in [-0.15, -0.1) is 5.17 Å². The average molecular weight is 298 g/mol. The van der Waals surface area contributed by atoms with E-state index in [9.17, 15) is 5.26 Å². The molecule has 3 aliphatic rings. The molecule has 2 saturated heterocycles. The number of hydrogen-bond acceptors (Lipinski definition) is 5. The predicted octanol–water partition coefficient (Wildman–Crippen LogP) is 2.13. The van der Waals surface area contributed by atoms with Crippen molar-refractivity contribution in [2.75, 3.05) is 13.2 Å². The Hall–Kier alpha value is -1.45. The summed E-state index contributed by atoms with van der Waals surface area (Å²) in [6.07, 6.45) is 5.66. The second-order valence-electron chi connectivity index (χ2n) is 6.40. The maximum Gasteiger partial charge on any atom is 0.102 e. The van der Waals surface area contributed by atoms with Crippen LogP contribution in [0, 0.1) is 11.3 Å². The van der Waals surface area contributed by atoms with Gasteiger partial charge < -0.3 is 0 Å². The molecule has 0 radical (unpaired) electrons. The minimum atomic E-state index is 0.0275. The Morgan fingerprint density at radius 3 is 3.05 bits per heavy atom. The molecule has 5 nitrogen and oxygen atoms in total. The molecule has 2 heterocycles. The van der Waals surface area contributed by atoms with Crippen LogP contribution in [0.4, 0.5) is 0 Å². The highest BCUT2D eigenvalue weighted by atomic mass is 16.7. The Morgan fingerprint density at radius 2 is 2.14 bits per heavy atom. The first-order valence-electron chi connectivity index (χ1n) is 8.28. The second kappa shape index (κ2) is 5.98. The zero-order chi connectivity index (χ0) is 14.9. The van der Waals surface area contributed by atoms with E-state index in [-0.39, 0.29) is 18.2 Å². The summed E-state index contributed by atoms with van der Waals surface area (Å²) in [4.78, 5) is 8.18. The summed E-state index contributed by atoms with van der Waals surface area (Å²) < 4.78 is 0. The number of nitrogens with one attached hydrogen (secondary N) is 1. The molecule has 0 aromatic heterocycles. The molecule has 1 N–H and O–H groups in total. The van der Waals surface area contributed by atoms with Crippen LogP contribution in [0.3, 0.4) is 0 Å². The molecule has 0 bridgehead atoms. The lowest BCUT2D eigenvalue weighted by molar-refractivity contribution is -0.176. The number of nitrogens with zero attached hydrogens (tertiary/aromatic N) is 3. The van der Waals surface area contributed by atoms with Crippen molar-refractivity contribution in [3.63, 3.8) is 0 Å². The highest BCUT2D eigenvalue weighted by Crippen LogP contribution is 2.35. The molecule has 0 amide bonds. The van der Waals surface area contributed by atoms with Crippen LogP contribution in [0.5, 0.6) is 0 Å². The number of hydroxylamine groups is 1. The second-order valence-corrected chi connectivity index (χ2v) is 6.40. The van der Waals surface area contributed by atoms with Crippen molar-refractivity contribution in [2.45, 2.75) is 50.4 Å². The summed E-state index contributed by atoms with van der Waals surface area (Å²) in [5.41, 5.74) is 6.30. The Kier molecular flexibility index (Phi) is 3.85. The predicted molar refractivity (Wildman–Crippen MR) is 82.2 cm³/mol. The molecule has 3 unspecified atom stereocenters. The lowest BCUT2D eigenvalue weighted by Gasteiger charge is -2.32. The largest absolute Gasteiger partial charge is 0.280 e. The quantitative estimate of drug-likeness (QED) is 0.906. The first kappa shape index (κ1) is 14.2. The van der Waals surface area contributed by atoms with Crippen LogP contribution >= 0.6 is 0 Å². The van der Waals surface area contributed by atoms with Crippen molar-refractivity contribution in [1.82, 2.24) is 15.5 Å². The molecule has 0 spiro atoms. The van der Waals surface area contributed by atoms with Crippen LogP contribution in [-0.2, 0) is 11.3 Å². The van der Waals surface area contributed by atoms with Crippen molar-refractivity contribution in [3.05, 3.63) is 35.4 Å². The van der Waals surface area contributed by atoms with Gasteiger partial charge in [-0.05, 0) is 43.2 Å².